The van der Waals surface area contributed by atoms with Gasteiger partial charge >= 0.3 is 0 Å². The van der Waals surface area contributed by atoms with Crippen LogP contribution in [0.2, 0.25) is 0 Å². The van der Waals surface area contributed by atoms with Gasteiger partial charge in [0, 0.05) is 38.7 Å². The molecule has 5 nitrogen and oxygen atoms in total. The first-order valence-corrected chi connectivity index (χ1v) is 6.23. The molecule has 2 aromatic rings. The Labute approximate surface area is 117 Å². The molecule has 0 fully saturated rings. The lowest BCUT2D eigenvalue weighted by molar-refractivity contribution is 0.102. The maximum Gasteiger partial charge on any atom is 0.263 e. The van der Waals surface area contributed by atoms with Crippen LogP contribution in [0.3, 0.4) is 0 Å². The molecule has 0 unspecified atom stereocenters. The van der Waals surface area contributed by atoms with Crippen molar-refractivity contribution in [2.24, 2.45) is 7.05 Å². The predicted octanol–water partition coefficient (Wildman–Crippen LogP) is 1.70. The summed E-state index contributed by atoms with van der Waals surface area (Å²) in [6, 6.07) is 10.6. The second kappa shape index (κ2) is 5.61. The van der Waals surface area contributed by atoms with Crippen molar-refractivity contribution in [3.05, 3.63) is 58.5 Å². The first kappa shape index (κ1) is 13.9. The van der Waals surface area contributed by atoms with Gasteiger partial charge in [0.25, 0.3) is 11.5 Å². The fourth-order valence-corrected chi connectivity index (χ4v) is 1.81. The topological polar surface area (TPSA) is 54.3 Å². The second-order valence-corrected chi connectivity index (χ2v) is 4.73. The van der Waals surface area contributed by atoms with Crippen LogP contribution in [0.15, 0.2) is 47.4 Å². The van der Waals surface area contributed by atoms with E-state index in [1.807, 2.05) is 31.1 Å². The van der Waals surface area contributed by atoms with Gasteiger partial charge in [-0.1, -0.05) is 0 Å². The zero-order valence-corrected chi connectivity index (χ0v) is 11.8. The number of rotatable bonds is 3. The summed E-state index contributed by atoms with van der Waals surface area (Å²) >= 11 is 0. The maximum absolute atomic E-state index is 12.1. The molecule has 0 bridgehead atoms. The zero-order valence-electron chi connectivity index (χ0n) is 11.8. The monoisotopic (exact) mass is 271 g/mol. The molecule has 0 aliphatic carbocycles. The number of nitrogens with zero attached hydrogens (tertiary/aromatic N) is 2. The van der Waals surface area contributed by atoms with Crippen molar-refractivity contribution in [2.45, 2.75) is 0 Å². The average Bonchev–Trinajstić information content (AvgIpc) is 2.42. The van der Waals surface area contributed by atoms with Gasteiger partial charge in [-0.05, 0) is 36.4 Å². The molecule has 0 aliphatic rings. The minimum atomic E-state index is -0.399. The van der Waals surface area contributed by atoms with E-state index < -0.39 is 5.91 Å². The van der Waals surface area contributed by atoms with Crippen molar-refractivity contribution < 1.29 is 4.79 Å². The van der Waals surface area contributed by atoms with Crippen molar-refractivity contribution in [3.63, 3.8) is 0 Å². The lowest BCUT2D eigenvalue weighted by atomic mass is 10.2. The summed E-state index contributed by atoms with van der Waals surface area (Å²) in [5, 5.41) is 2.72. The van der Waals surface area contributed by atoms with Crippen LogP contribution in [0, 0.1) is 0 Å². The van der Waals surface area contributed by atoms with Crippen LogP contribution in [0.5, 0.6) is 0 Å². The van der Waals surface area contributed by atoms with Crippen molar-refractivity contribution in [1.82, 2.24) is 4.57 Å². The quantitative estimate of drug-likeness (QED) is 0.924. The smallest absolute Gasteiger partial charge is 0.263 e. The third kappa shape index (κ3) is 2.88. The minimum Gasteiger partial charge on any atom is -0.378 e. The molecular formula is C15H17N3O2. The van der Waals surface area contributed by atoms with Crippen LogP contribution in [0.1, 0.15) is 10.4 Å². The predicted molar refractivity (Wildman–Crippen MR) is 80.4 cm³/mol. The molecule has 0 radical (unpaired) electrons. The Kier molecular flexibility index (Phi) is 3.89. The summed E-state index contributed by atoms with van der Waals surface area (Å²) in [5.74, 6) is -0.399. The molecule has 1 aromatic carbocycles. The summed E-state index contributed by atoms with van der Waals surface area (Å²) in [4.78, 5) is 25.9. The molecule has 0 saturated carbocycles. The molecule has 2 rings (SSSR count). The van der Waals surface area contributed by atoms with Crippen molar-refractivity contribution in [2.75, 3.05) is 24.3 Å². The summed E-state index contributed by atoms with van der Waals surface area (Å²) in [7, 11) is 5.51. The van der Waals surface area contributed by atoms with Gasteiger partial charge in [-0.3, -0.25) is 9.59 Å². The van der Waals surface area contributed by atoms with E-state index in [9.17, 15) is 9.59 Å². The van der Waals surface area contributed by atoms with Crippen molar-refractivity contribution >= 4 is 17.3 Å². The van der Waals surface area contributed by atoms with Crippen molar-refractivity contribution in [1.29, 1.82) is 0 Å². The van der Waals surface area contributed by atoms with Crippen LogP contribution < -0.4 is 15.8 Å². The number of nitrogens with one attached hydrogen (secondary N) is 1. The van der Waals surface area contributed by atoms with Gasteiger partial charge in [0.05, 0.1) is 0 Å². The second-order valence-electron chi connectivity index (χ2n) is 4.73. The summed E-state index contributed by atoms with van der Waals surface area (Å²) in [6.45, 7) is 0. The van der Waals surface area contributed by atoms with Gasteiger partial charge in [0.1, 0.15) is 5.56 Å². The SMILES string of the molecule is CN(C)c1ccc(NC(=O)c2cccn(C)c2=O)cc1. The highest BCUT2D eigenvalue weighted by molar-refractivity contribution is 6.04. The minimum absolute atomic E-state index is 0.131. The zero-order chi connectivity index (χ0) is 14.7. The lowest BCUT2D eigenvalue weighted by Crippen LogP contribution is -2.27. The number of benzene rings is 1. The number of hydrogen-bond acceptors (Lipinski definition) is 3. The van der Waals surface area contributed by atoms with Crippen LogP contribution in [0.25, 0.3) is 0 Å². The Morgan fingerprint density at radius 2 is 1.80 bits per heavy atom. The molecule has 1 N–H and O–H groups in total. The highest BCUT2D eigenvalue weighted by atomic mass is 16.2. The van der Waals surface area contributed by atoms with E-state index in [0.29, 0.717) is 5.69 Å². The molecule has 1 amide bonds. The average molecular weight is 271 g/mol. The Morgan fingerprint density at radius 1 is 1.15 bits per heavy atom. The molecule has 0 spiro atoms. The van der Waals surface area contributed by atoms with E-state index in [1.165, 1.54) is 10.6 Å². The number of anilines is 2. The number of aromatic nitrogens is 1. The fourth-order valence-electron chi connectivity index (χ4n) is 1.81. The van der Waals surface area contributed by atoms with Crippen LogP contribution in [0.4, 0.5) is 11.4 Å². The molecule has 20 heavy (non-hydrogen) atoms. The van der Waals surface area contributed by atoms with E-state index in [0.717, 1.165) is 5.69 Å². The Bertz CT molecular complexity index is 672. The van der Waals surface area contributed by atoms with Gasteiger partial charge in [-0.2, -0.15) is 0 Å². The number of pyridine rings is 1. The van der Waals surface area contributed by atoms with Crippen LogP contribution >= 0.6 is 0 Å². The van der Waals surface area contributed by atoms with Crippen molar-refractivity contribution in [3.8, 4) is 0 Å². The third-order valence-corrected chi connectivity index (χ3v) is 3.01. The molecule has 5 heteroatoms. The lowest BCUT2D eigenvalue weighted by Gasteiger charge is -2.13. The highest BCUT2D eigenvalue weighted by Crippen LogP contribution is 2.15. The van der Waals surface area contributed by atoms with E-state index >= 15 is 0 Å². The molecular weight excluding hydrogens is 254 g/mol. The summed E-state index contributed by atoms with van der Waals surface area (Å²) in [6.07, 6.45) is 1.62. The number of aryl methyl sites for hydroxylation is 1. The Hall–Kier alpha value is -2.56. The fraction of sp³-hybridized carbons (Fsp3) is 0.200. The highest BCUT2D eigenvalue weighted by Gasteiger charge is 2.11. The van der Waals surface area contributed by atoms with Gasteiger partial charge in [0.15, 0.2) is 0 Å². The Morgan fingerprint density at radius 3 is 2.40 bits per heavy atom. The van der Waals surface area contributed by atoms with Gasteiger partial charge in [-0.25, -0.2) is 0 Å². The number of carbonyl (C=O) groups is 1. The number of carbonyl (C=O) groups excluding carboxylic acids is 1. The van der Waals surface area contributed by atoms with E-state index in [1.54, 1.807) is 31.4 Å². The summed E-state index contributed by atoms with van der Waals surface area (Å²) < 4.78 is 1.38. The summed E-state index contributed by atoms with van der Waals surface area (Å²) in [5.41, 5.74) is 1.52. The van der Waals surface area contributed by atoms with Gasteiger partial charge < -0.3 is 14.8 Å². The largest absolute Gasteiger partial charge is 0.378 e. The maximum atomic E-state index is 12.1. The van der Waals surface area contributed by atoms with E-state index in [-0.39, 0.29) is 11.1 Å². The molecule has 104 valence electrons. The van der Waals surface area contributed by atoms with E-state index in [2.05, 4.69) is 5.32 Å². The first-order valence-electron chi connectivity index (χ1n) is 6.23. The molecule has 0 saturated heterocycles. The first-order chi connectivity index (χ1) is 9.49. The third-order valence-electron chi connectivity index (χ3n) is 3.01. The normalized spacial score (nSPS) is 10.2. The molecule has 1 heterocycles. The van der Waals surface area contributed by atoms with Gasteiger partial charge in [0.2, 0.25) is 0 Å². The van der Waals surface area contributed by atoms with Crippen LogP contribution in [-0.4, -0.2) is 24.6 Å². The standard InChI is InChI=1S/C15H17N3O2/c1-17(2)12-8-6-11(7-9-12)16-14(19)13-5-4-10-18(3)15(13)20/h4-10H,1-3H3,(H,16,19). The molecule has 0 aliphatic heterocycles. The van der Waals surface area contributed by atoms with Crippen LogP contribution in [-0.2, 0) is 7.05 Å². The number of amides is 1. The van der Waals surface area contributed by atoms with Gasteiger partial charge in [-0.15, -0.1) is 0 Å². The Balaban J connectivity index is 2.19. The number of hydrogen-bond donors (Lipinski definition) is 1. The molecule has 0 atom stereocenters. The van der Waals surface area contributed by atoms with E-state index in [4.69, 9.17) is 0 Å². The molecule has 1 aromatic heterocycles.